The van der Waals surface area contributed by atoms with E-state index in [-0.39, 0.29) is 103 Å². The molecule has 0 spiro atoms. The van der Waals surface area contributed by atoms with Crippen LogP contribution in [0.1, 0.15) is 0 Å². The summed E-state index contributed by atoms with van der Waals surface area (Å²) in [5.41, 5.74) is 0. The molecule has 0 rings (SSSR count). The standard InChI is InChI=1S/2K.NO3.H2O3S/c;;2-1(3)4;1-4(2)3/h;;;(H2,1,2,3)/q2*+1;-1;/p-1. The largest absolute Gasteiger partial charge is 1.00 e. The van der Waals surface area contributed by atoms with Crippen LogP contribution in [-0.4, -0.2) is 18.4 Å². The van der Waals surface area contributed by atoms with Crippen molar-refractivity contribution in [3.8, 4) is 0 Å². The van der Waals surface area contributed by atoms with Gasteiger partial charge in [-0.05, 0) is 0 Å². The third-order valence-electron chi connectivity index (χ3n) is 0. The Morgan fingerprint density at radius 2 is 1.30 bits per heavy atom. The van der Waals surface area contributed by atoms with Crippen molar-refractivity contribution in [2.75, 3.05) is 0 Å². The maximum absolute atomic E-state index is 8.56. The molecule has 50 valence electrons. The Balaban J connectivity index is -0.0000000300. The minimum atomic E-state index is -2.86. The molecule has 10 heavy (non-hydrogen) atoms. The van der Waals surface area contributed by atoms with E-state index in [0.29, 0.717) is 0 Å². The van der Waals surface area contributed by atoms with Crippen molar-refractivity contribution in [2.24, 2.45) is 0 Å². The molecule has 0 aromatic rings. The van der Waals surface area contributed by atoms with Gasteiger partial charge >= 0.3 is 103 Å². The van der Waals surface area contributed by atoms with Gasteiger partial charge in [-0.15, -0.1) is 0 Å². The Hall–Kier alpha value is 2.54. The van der Waals surface area contributed by atoms with Gasteiger partial charge in [-0.3, -0.25) is 0 Å². The van der Waals surface area contributed by atoms with Gasteiger partial charge in [0.15, 0.2) is 0 Å². The fourth-order valence-corrected chi connectivity index (χ4v) is 0. The van der Waals surface area contributed by atoms with E-state index >= 15 is 0 Å². The molecule has 1 N–H and O–H groups in total. The molecule has 7 nitrogen and oxygen atoms in total. The fraction of sp³-hybridized carbons (Fsp3) is 0. The summed E-state index contributed by atoms with van der Waals surface area (Å²) in [5.74, 6) is 0. The summed E-state index contributed by atoms with van der Waals surface area (Å²) in [5, 5.41) is 14.8. The van der Waals surface area contributed by atoms with Crippen molar-refractivity contribution < 1.29 is 121 Å². The SMILES string of the molecule is O=S([O-])O.O=[N+]([O-])[O-].[K+].[K+]. The van der Waals surface area contributed by atoms with Gasteiger partial charge in [0.2, 0.25) is 0 Å². The first-order valence-corrected chi connectivity index (χ1v) is 2.10. The van der Waals surface area contributed by atoms with Crippen LogP contribution in [0.25, 0.3) is 0 Å². The third-order valence-corrected chi connectivity index (χ3v) is 0. The van der Waals surface area contributed by atoms with E-state index in [0.717, 1.165) is 0 Å². The van der Waals surface area contributed by atoms with Crippen LogP contribution in [0.2, 0.25) is 0 Å². The summed E-state index contributed by atoms with van der Waals surface area (Å²) in [6.45, 7) is 0. The number of rotatable bonds is 0. The van der Waals surface area contributed by atoms with Gasteiger partial charge in [-0.2, -0.15) is 0 Å². The maximum Gasteiger partial charge on any atom is 1.00 e. The first-order chi connectivity index (χ1) is 3.46. The van der Waals surface area contributed by atoms with Gasteiger partial charge in [0.1, 0.15) is 0 Å². The number of nitrogens with zero attached hydrogens (tertiary/aromatic N) is 1. The fourth-order valence-electron chi connectivity index (χ4n) is 0. The first-order valence-electron chi connectivity index (χ1n) is 1.06. The van der Waals surface area contributed by atoms with E-state index in [4.69, 9.17) is 28.6 Å². The average Bonchev–Trinajstić information content (AvgIpc) is 1.25. The van der Waals surface area contributed by atoms with Gasteiger partial charge < -0.3 is 24.4 Å². The number of hydrogen-bond acceptors (Lipinski definition) is 5. The molecule has 1 unspecified atom stereocenters. The molecule has 0 saturated heterocycles. The molecular weight excluding hydrogens is 220 g/mol. The summed E-state index contributed by atoms with van der Waals surface area (Å²) >= 11 is -2.86. The molecule has 0 aliphatic carbocycles. The van der Waals surface area contributed by atoms with E-state index in [1.807, 2.05) is 0 Å². The maximum atomic E-state index is 8.56. The zero-order chi connectivity index (χ0) is 7.15. The average molecular weight is 221 g/mol. The zero-order valence-electron chi connectivity index (χ0n) is 5.34. The Labute approximate surface area is 144 Å². The Kier molecular flexibility index (Phi) is 40.3. The molecule has 0 bridgehead atoms. The Bertz CT molecular complexity index is 73.7. The Morgan fingerprint density at radius 3 is 1.30 bits per heavy atom. The number of hydrogen-bond donors (Lipinski definition) is 1. The molecule has 10 heteroatoms. The summed E-state index contributed by atoms with van der Waals surface area (Å²) in [7, 11) is 0. The predicted molar refractivity (Wildman–Crippen MR) is 21.9 cm³/mol. The molecule has 0 aliphatic rings. The van der Waals surface area contributed by atoms with Gasteiger partial charge in [0.25, 0.3) is 0 Å². The van der Waals surface area contributed by atoms with Crippen LogP contribution >= 0.6 is 0 Å². The summed E-state index contributed by atoms with van der Waals surface area (Å²) in [4.78, 5) is 8.25. The smallest absolute Gasteiger partial charge is 0.750 e. The molecule has 0 saturated carbocycles. The molecule has 1 atom stereocenters. The van der Waals surface area contributed by atoms with Gasteiger partial charge in [0, 0.05) is 0 Å². The summed E-state index contributed by atoms with van der Waals surface area (Å²) in [6.07, 6.45) is 0. The second-order valence-corrected chi connectivity index (χ2v) is 0.875. The normalized spacial score (nSPS) is 8.60. The summed E-state index contributed by atoms with van der Waals surface area (Å²) < 4.78 is 24.1. The second-order valence-electron chi connectivity index (χ2n) is 0.441. The Morgan fingerprint density at radius 1 is 1.30 bits per heavy atom. The van der Waals surface area contributed by atoms with Gasteiger partial charge in [0.05, 0.1) is 16.4 Å². The van der Waals surface area contributed by atoms with E-state index < -0.39 is 16.4 Å². The molecule has 0 fully saturated rings. The molecular formula is HK2NO6S. The zero-order valence-corrected chi connectivity index (χ0v) is 12.4. The van der Waals surface area contributed by atoms with Crippen molar-refractivity contribution in [1.82, 2.24) is 0 Å². The van der Waals surface area contributed by atoms with Crippen LogP contribution in [0, 0.1) is 15.3 Å². The van der Waals surface area contributed by atoms with Crippen molar-refractivity contribution >= 4 is 11.4 Å². The van der Waals surface area contributed by atoms with Crippen LogP contribution in [0.3, 0.4) is 0 Å². The second kappa shape index (κ2) is 17.6. The quantitative estimate of drug-likeness (QED) is 0.187. The molecule has 0 aliphatic heterocycles. The van der Waals surface area contributed by atoms with Crippen LogP contribution in [0.5, 0.6) is 0 Å². The molecule has 0 heterocycles. The van der Waals surface area contributed by atoms with Crippen molar-refractivity contribution in [3.05, 3.63) is 15.3 Å². The first kappa shape index (κ1) is 22.9. The van der Waals surface area contributed by atoms with Gasteiger partial charge in [-0.25, -0.2) is 4.21 Å². The van der Waals surface area contributed by atoms with Crippen molar-refractivity contribution in [2.45, 2.75) is 0 Å². The van der Waals surface area contributed by atoms with E-state index in [1.165, 1.54) is 0 Å². The van der Waals surface area contributed by atoms with E-state index in [2.05, 4.69) is 0 Å². The monoisotopic (exact) mass is 221 g/mol. The van der Waals surface area contributed by atoms with Crippen molar-refractivity contribution in [3.63, 3.8) is 0 Å². The molecule has 0 amide bonds. The molecule has 0 aromatic heterocycles. The summed E-state index contributed by atoms with van der Waals surface area (Å²) in [6, 6.07) is 0. The topological polar surface area (TPSA) is 127 Å². The van der Waals surface area contributed by atoms with Crippen LogP contribution in [0.15, 0.2) is 0 Å². The third kappa shape index (κ3) is 148. The van der Waals surface area contributed by atoms with Crippen LogP contribution < -0.4 is 103 Å². The minimum Gasteiger partial charge on any atom is -0.750 e. The minimum absolute atomic E-state index is 0. The van der Waals surface area contributed by atoms with Crippen LogP contribution in [-0.2, 0) is 11.4 Å². The predicted octanol–water partition coefficient (Wildman–Crippen LogP) is -6.89. The van der Waals surface area contributed by atoms with E-state index in [9.17, 15) is 0 Å². The van der Waals surface area contributed by atoms with Crippen LogP contribution in [0.4, 0.5) is 0 Å². The van der Waals surface area contributed by atoms with Crippen molar-refractivity contribution in [1.29, 1.82) is 0 Å². The molecule has 0 radical (unpaired) electrons. The van der Waals surface area contributed by atoms with Gasteiger partial charge in [-0.1, -0.05) is 0 Å². The van der Waals surface area contributed by atoms with E-state index in [1.54, 1.807) is 0 Å². The molecule has 0 aromatic carbocycles.